The third-order valence-corrected chi connectivity index (χ3v) is 2.85. The number of hydrogen-bond acceptors (Lipinski definition) is 3. The van der Waals surface area contributed by atoms with Crippen LogP contribution in [0.4, 0.5) is 0 Å². The van der Waals surface area contributed by atoms with E-state index in [0.717, 1.165) is 5.56 Å². The monoisotopic (exact) mass is 270 g/mol. The molecule has 1 rings (SSSR count). The van der Waals surface area contributed by atoms with Gasteiger partial charge in [-0.3, -0.25) is 9.59 Å². The molecule has 0 saturated carbocycles. The highest BCUT2D eigenvalue weighted by Crippen LogP contribution is 2.21. The minimum atomic E-state index is -1.22. The topological polar surface area (TPSA) is 63.6 Å². The van der Waals surface area contributed by atoms with Crippen LogP contribution >= 0.6 is 11.6 Å². The van der Waals surface area contributed by atoms with Gasteiger partial charge < -0.3 is 9.84 Å². The Kier molecular flexibility index (Phi) is 5.16. The summed E-state index contributed by atoms with van der Waals surface area (Å²) < 4.78 is 4.74. The molecule has 1 aromatic rings. The molecule has 0 amide bonds. The van der Waals surface area contributed by atoms with Crippen molar-refractivity contribution in [3.8, 4) is 0 Å². The Hall–Kier alpha value is -1.55. The molecule has 1 unspecified atom stereocenters. The molecule has 0 spiro atoms. The van der Waals surface area contributed by atoms with Gasteiger partial charge in [-0.05, 0) is 37.5 Å². The van der Waals surface area contributed by atoms with Gasteiger partial charge in [-0.1, -0.05) is 23.7 Å². The Morgan fingerprint density at radius 2 is 2.11 bits per heavy atom. The number of ether oxygens (including phenoxy) is 1. The van der Waals surface area contributed by atoms with E-state index in [1.54, 1.807) is 19.1 Å². The van der Waals surface area contributed by atoms with E-state index in [4.69, 9.17) is 21.4 Å². The van der Waals surface area contributed by atoms with Crippen LogP contribution in [-0.2, 0) is 20.7 Å². The number of halogens is 1. The number of carboxylic acids is 1. The maximum atomic E-state index is 11.5. The molecule has 1 atom stereocenters. The predicted molar refractivity (Wildman–Crippen MR) is 67.7 cm³/mol. The van der Waals surface area contributed by atoms with Crippen molar-refractivity contribution in [2.24, 2.45) is 5.92 Å². The number of carbonyl (C=O) groups excluding carboxylic acids is 1. The lowest BCUT2D eigenvalue weighted by atomic mass is 9.98. The van der Waals surface area contributed by atoms with Crippen molar-refractivity contribution in [2.45, 2.75) is 20.3 Å². The summed E-state index contributed by atoms with van der Waals surface area (Å²) in [7, 11) is 0. The molecule has 0 saturated heterocycles. The lowest BCUT2D eigenvalue weighted by Crippen LogP contribution is -2.28. The highest BCUT2D eigenvalue weighted by Gasteiger charge is 2.28. The highest BCUT2D eigenvalue weighted by atomic mass is 35.5. The van der Waals surface area contributed by atoms with E-state index < -0.39 is 17.9 Å². The number of aliphatic carboxylic acids is 1. The predicted octanol–water partition coefficient (Wildman–Crippen LogP) is 2.45. The SMILES string of the molecule is CCOC(=O)C(Cc1ccc(C)cc1Cl)C(=O)O. The van der Waals surface area contributed by atoms with E-state index in [9.17, 15) is 9.59 Å². The van der Waals surface area contributed by atoms with Crippen molar-refractivity contribution in [2.75, 3.05) is 6.61 Å². The first-order valence-electron chi connectivity index (χ1n) is 5.60. The molecule has 0 fully saturated rings. The van der Waals surface area contributed by atoms with E-state index in [2.05, 4.69) is 0 Å². The van der Waals surface area contributed by atoms with Gasteiger partial charge in [0.15, 0.2) is 5.92 Å². The zero-order valence-corrected chi connectivity index (χ0v) is 11.0. The largest absolute Gasteiger partial charge is 0.481 e. The Bertz CT molecular complexity index is 456. The van der Waals surface area contributed by atoms with Gasteiger partial charge in [0.2, 0.25) is 0 Å². The lowest BCUT2D eigenvalue weighted by molar-refractivity contribution is -0.158. The molecule has 18 heavy (non-hydrogen) atoms. The van der Waals surface area contributed by atoms with Crippen LogP contribution in [0.3, 0.4) is 0 Å². The molecule has 0 heterocycles. The number of carbonyl (C=O) groups is 2. The van der Waals surface area contributed by atoms with Crippen molar-refractivity contribution in [1.29, 1.82) is 0 Å². The average Bonchev–Trinajstić information content (AvgIpc) is 2.27. The average molecular weight is 271 g/mol. The Morgan fingerprint density at radius 1 is 1.44 bits per heavy atom. The molecule has 0 radical (unpaired) electrons. The van der Waals surface area contributed by atoms with Gasteiger partial charge >= 0.3 is 11.9 Å². The number of aryl methyl sites for hydroxylation is 1. The van der Waals surface area contributed by atoms with Gasteiger partial charge in [0.1, 0.15) is 0 Å². The lowest BCUT2D eigenvalue weighted by Gasteiger charge is -2.12. The van der Waals surface area contributed by atoms with Crippen LogP contribution < -0.4 is 0 Å². The first-order valence-corrected chi connectivity index (χ1v) is 5.98. The van der Waals surface area contributed by atoms with Crippen molar-refractivity contribution in [3.63, 3.8) is 0 Å². The number of rotatable bonds is 5. The molecule has 0 aromatic heterocycles. The second-order valence-corrected chi connectivity index (χ2v) is 4.35. The van der Waals surface area contributed by atoms with Crippen LogP contribution in [0.25, 0.3) is 0 Å². The molecular formula is C13H15ClO4. The maximum absolute atomic E-state index is 11.5. The zero-order chi connectivity index (χ0) is 13.7. The fraction of sp³-hybridized carbons (Fsp3) is 0.385. The fourth-order valence-electron chi connectivity index (χ4n) is 1.55. The van der Waals surface area contributed by atoms with Crippen molar-refractivity contribution in [3.05, 3.63) is 34.3 Å². The van der Waals surface area contributed by atoms with Crippen molar-refractivity contribution < 1.29 is 19.4 Å². The first kappa shape index (κ1) is 14.5. The highest BCUT2D eigenvalue weighted by molar-refractivity contribution is 6.31. The van der Waals surface area contributed by atoms with Gasteiger partial charge in [0.05, 0.1) is 6.61 Å². The van der Waals surface area contributed by atoms with Gasteiger partial charge in [-0.25, -0.2) is 0 Å². The first-order chi connectivity index (χ1) is 8.45. The molecule has 4 nitrogen and oxygen atoms in total. The Morgan fingerprint density at radius 3 is 2.61 bits per heavy atom. The molecule has 0 aliphatic heterocycles. The number of esters is 1. The summed E-state index contributed by atoms with van der Waals surface area (Å²) in [6.45, 7) is 3.68. The molecule has 0 aliphatic rings. The summed E-state index contributed by atoms with van der Waals surface area (Å²) in [4.78, 5) is 22.6. The quantitative estimate of drug-likeness (QED) is 0.659. The van der Waals surface area contributed by atoms with Crippen molar-refractivity contribution in [1.82, 2.24) is 0 Å². The molecule has 1 N–H and O–H groups in total. The smallest absolute Gasteiger partial charge is 0.320 e. The normalized spacial score (nSPS) is 11.9. The summed E-state index contributed by atoms with van der Waals surface area (Å²) in [5.74, 6) is -3.16. The minimum absolute atomic E-state index is 0.0350. The fourth-order valence-corrected chi connectivity index (χ4v) is 1.86. The third-order valence-electron chi connectivity index (χ3n) is 2.50. The van der Waals surface area contributed by atoms with Crippen LogP contribution in [-0.4, -0.2) is 23.7 Å². The zero-order valence-electron chi connectivity index (χ0n) is 10.3. The molecule has 98 valence electrons. The second-order valence-electron chi connectivity index (χ2n) is 3.94. The summed E-state index contributed by atoms with van der Waals surface area (Å²) in [6.07, 6.45) is 0.0350. The van der Waals surface area contributed by atoms with Gasteiger partial charge in [-0.2, -0.15) is 0 Å². The summed E-state index contributed by atoms with van der Waals surface area (Å²) >= 11 is 6.01. The second kappa shape index (κ2) is 6.40. The molecule has 0 bridgehead atoms. The van der Waals surface area contributed by atoms with Gasteiger partial charge in [0.25, 0.3) is 0 Å². The summed E-state index contributed by atoms with van der Waals surface area (Å²) in [6, 6.07) is 5.29. The van der Waals surface area contributed by atoms with Gasteiger partial charge in [0, 0.05) is 5.02 Å². The number of benzene rings is 1. The number of carboxylic acid groups (broad SMARTS) is 1. The van der Waals surface area contributed by atoms with Crippen LogP contribution in [0.5, 0.6) is 0 Å². The van der Waals surface area contributed by atoms with E-state index in [1.165, 1.54) is 0 Å². The van der Waals surface area contributed by atoms with E-state index >= 15 is 0 Å². The molecule has 1 aromatic carbocycles. The Labute approximate surface area is 111 Å². The third kappa shape index (κ3) is 3.74. The number of hydrogen-bond donors (Lipinski definition) is 1. The van der Waals surface area contributed by atoms with Crippen LogP contribution in [0.2, 0.25) is 5.02 Å². The molecular weight excluding hydrogens is 256 g/mol. The van der Waals surface area contributed by atoms with E-state index in [1.807, 2.05) is 13.0 Å². The van der Waals surface area contributed by atoms with Crippen LogP contribution in [0.1, 0.15) is 18.1 Å². The minimum Gasteiger partial charge on any atom is -0.481 e. The van der Waals surface area contributed by atoms with Crippen molar-refractivity contribution >= 4 is 23.5 Å². The Balaban J connectivity index is 2.90. The molecule has 5 heteroatoms. The van der Waals surface area contributed by atoms with Gasteiger partial charge in [-0.15, -0.1) is 0 Å². The molecule has 0 aliphatic carbocycles. The van der Waals surface area contributed by atoms with E-state index in [-0.39, 0.29) is 13.0 Å². The summed E-state index contributed by atoms with van der Waals surface area (Å²) in [5, 5.41) is 9.50. The van der Waals surface area contributed by atoms with Crippen LogP contribution in [0, 0.1) is 12.8 Å². The maximum Gasteiger partial charge on any atom is 0.320 e. The summed E-state index contributed by atoms with van der Waals surface area (Å²) in [5.41, 5.74) is 1.61. The van der Waals surface area contributed by atoms with E-state index in [0.29, 0.717) is 10.6 Å². The standard InChI is InChI=1S/C13H15ClO4/c1-3-18-13(17)10(12(15)16)7-9-5-4-8(2)6-11(9)14/h4-6,10H,3,7H2,1-2H3,(H,15,16). The van der Waals surface area contributed by atoms with Crippen LogP contribution in [0.15, 0.2) is 18.2 Å².